The number of carbonyl (C=O) groups excluding carboxylic acids is 1. The van der Waals surface area contributed by atoms with Gasteiger partial charge >= 0.3 is 0 Å². The van der Waals surface area contributed by atoms with Gasteiger partial charge in [0.05, 0.1) is 5.69 Å². The molecule has 2 N–H and O–H groups in total. The van der Waals surface area contributed by atoms with Crippen molar-refractivity contribution in [2.24, 2.45) is 0 Å². The molecule has 27 heavy (non-hydrogen) atoms. The Morgan fingerprint density at radius 3 is 2.52 bits per heavy atom. The summed E-state index contributed by atoms with van der Waals surface area (Å²) < 4.78 is 40.4. The summed E-state index contributed by atoms with van der Waals surface area (Å²) in [7, 11) is 0. The molecule has 138 valence electrons. The number of rotatable bonds is 5. The van der Waals surface area contributed by atoms with E-state index in [1.807, 2.05) is 0 Å². The monoisotopic (exact) mass is 372 g/mol. The normalized spacial score (nSPS) is 10.5. The molecule has 2 aromatic carbocycles. The van der Waals surface area contributed by atoms with Crippen LogP contribution in [0.2, 0.25) is 0 Å². The molecular formula is C19H15F3N4O. The first kappa shape index (κ1) is 18.4. The third-order valence-corrected chi connectivity index (χ3v) is 3.66. The maximum atomic E-state index is 13.8. The van der Waals surface area contributed by atoms with Crippen molar-refractivity contribution in [3.05, 3.63) is 82.9 Å². The summed E-state index contributed by atoms with van der Waals surface area (Å²) in [5.41, 5.74) is 0.804. The average Bonchev–Trinajstić information content (AvgIpc) is 2.63. The number of benzene rings is 2. The van der Waals surface area contributed by atoms with Gasteiger partial charge in [0, 0.05) is 23.9 Å². The van der Waals surface area contributed by atoms with Gasteiger partial charge in [-0.3, -0.25) is 4.79 Å². The number of aromatic nitrogens is 2. The summed E-state index contributed by atoms with van der Waals surface area (Å²) >= 11 is 0. The molecule has 1 heterocycles. The SMILES string of the molecule is Cc1cc(C(=O)NCc2ccccc2F)nc(Nc2ccc(F)cc2F)n1. The van der Waals surface area contributed by atoms with E-state index in [-0.39, 0.29) is 23.9 Å². The summed E-state index contributed by atoms with van der Waals surface area (Å²) in [4.78, 5) is 20.4. The van der Waals surface area contributed by atoms with Crippen molar-refractivity contribution in [3.8, 4) is 0 Å². The number of aryl methyl sites for hydroxylation is 1. The Labute approximate surface area is 153 Å². The maximum absolute atomic E-state index is 13.8. The first-order valence-electron chi connectivity index (χ1n) is 8.02. The number of nitrogens with zero attached hydrogens (tertiary/aromatic N) is 2. The molecular weight excluding hydrogens is 357 g/mol. The standard InChI is InChI=1S/C19H15F3N4O/c1-11-8-17(18(27)23-10-12-4-2-3-5-14(12)21)26-19(24-11)25-16-7-6-13(20)9-15(16)22/h2-9H,10H2,1H3,(H,23,27)(H,24,25,26). The van der Waals surface area contributed by atoms with Crippen molar-refractivity contribution in [2.75, 3.05) is 5.32 Å². The molecule has 1 aromatic heterocycles. The van der Waals surface area contributed by atoms with Crippen LogP contribution in [0.3, 0.4) is 0 Å². The molecule has 0 radical (unpaired) electrons. The molecule has 3 rings (SSSR count). The van der Waals surface area contributed by atoms with Crippen molar-refractivity contribution in [2.45, 2.75) is 13.5 Å². The lowest BCUT2D eigenvalue weighted by Gasteiger charge is -2.10. The highest BCUT2D eigenvalue weighted by Crippen LogP contribution is 2.19. The molecule has 5 nitrogen and oxygen atoms in total. The predicted molar refractivity (Wildman–Crippen MR) is 94.0 cm³/mol. The lowest BCUT2D eigenvalue weighted by Crippen LogP contribution is -2.25. The molecule has 0 saturated heterocycles. The van der Waals surface area contributed by atoms with Gasteiger partial charge in [-0.25, -0.2) is 23.1 Å². The van der Waals surface area contributed by atoms with Crippen LogP contribution in [0.15, 0.2) is 48.5 Å². The summed E-state index contributed by atoms with van der Waals surface area (Å²) in [6, 6.07) is 10.5. The minimum atomic E-state index is -0.814. The van der Waals surface area contributed by atoms with Gasteiger partial charge in [0.2, 0.25) is 5.95 Å². The number of hydrogen-bond acceptors (Lipinski definition) is 4. The average molecular weight is 372 g/mol. The second kappa shape index (κ2) is 7.86. The van der Waals surface area contributed by atoms with Gasteiger partial charge in [0.15, 0.2) is 0 Å². The highest BCUT2D eigenvalue weighted by atomic mass is 19.1. The smallest absolute Gasteiger partial charge is 0.270 e. The second-order valence-corrected chi connectivity index (χ2v) is 5.74. The maximum Gasteiger partial charge on any atom is 0.270 e. The molecule has 0 aliphatic heterocycles. The molecule has 8 heteroatoms. The van der Waals surface area contributed by atoms with Crippen LogP contribution in [-0.2, 0) is 6.54 Å². The molecule has 0 spiro atoms. The zero-order valence-corrected chi connectivity index (χ0v) is 14.3. The first-order chi connectivity index (χ1) is 12.9. The molecule has 0 aliphatic rings. The third-order valence-electron chi connectivity index (χ3n) is 3.66. The van der Waals surface area contributed by atoms with Crippen LogP contribution in [0, 0.1) is 24.4 Å². The van der Waals surface area contributed by atoms with Crippen molar-refractivity contribution in [3.63, 3.8) is 0 Å². The van der Waals surface area contributed by atoms with Crippen LogP contribution < -0.4 is 10.6 Å². The molecule has 0 unspecified atom stereocenters. The highest BCUT2D eigenvalue weighted by molar-refractivity contribution is 5.92. The van der Waals surface area contributed by atoms with Crippen molar-refractivity contribution in [1.82, 2.24) is 15.3 Å². The van der Waals surface area contributed by atoms with Crippen LogP contribution in [-0.4, -0.2) is 15.9 Å². The van der Waals surface area contributed by atoms with E-state index < -0.39 is 23.4 Å². The van der Waals surface area contributed by atoms with E-state index in [0.717, 1.165) is 12.1 Å². The molecule has 0 atom stereocenters. The number of halogens is 3. The topological polar surface area (TPSA) is 66.9 Å². The van der Waals surface area contributed by atoms with Gasteiger partial charge in [0.1, 0.15) is 23.1 Å². The molecule has 0 saturated carbocycles. The van der Waals surface area contributed by atoms with E-state index in [4.69, 9.17) is 0 Å². The van der Waals surface area contributed by atoms with Crippen molar-refractivity contribution in [1.29, 1.82) is 0 Å². The van der Waals surface area contributed by atoms with E-state index in [2.05, 4.69) is 20.6 Å². The first-order valence-corrected chi connectivity index (χ1v) is 8.02. The second-order valence-electron chi connectivity index (χ2n) is 5.74. The third kappa shape index (κ3) is 4.60. The largest absolute Gasteiger partial charge is 0.347 e. The number of nitrogens with one attached hydrogen (secondary N) is 2. The van der Waals surface area contributed by atoms with Crippen LogP contribution in [0.25, 0.3) is 0 Å². The Morgan fingerprint density at radius 1 is 1.00 bits per heavy atom. The molecule has 0 fully saturated rings. The lowest BCUT2D eigenvalue weighted by molar-refractivity contribution is 0.0945. The van der Waals surface area contributed by atoms with Crippen LogP contribution >= 0.6 is 0 Å². The highest BCUT2D eigenvalue weighted by Gasteiger charge is 2.13. The quantitative estimate of drug-likeness (QED) is 0.713. The summed E-state index contributed by atoms with van der Waals surface area (Å²) in [5, 5.41) is 5.19. The van der Waals surface area contributed by atoms with E-state index in [1.165, 1.54) is 18.2 Å². The number of carbonyl (C=O) groups is 1. The predicted octanol–water partition coefficient (Wildman–Crippen LogP) is 3.88. The fourth-order valence-corrected chi connectivity index (χ4v) is 2.36. The Morgan fingerprint density at radius 2 is 1.78 bits per heavy atom. The fourth-order valence-electron chi connectivity index (χ4n) is 2.36. The van der Waals surface area contributed by atoms with E-state index in [9.17, 15) is 18.0 Å². The summed E-state index contributed by atoms with van der Waals surface area (Å²) in [5.74, 6) is -2.50. The molecule has 3 aromatic rings. The van der Waals surface area contributed by atoms with E-state index in [1.54, 1.807) is 25.1 Å². The zero-order chi connectivity index (χ0) is 19.4. The van der Waals surface area contributed by atoms with Crippen molar-refractivity contribution < 1.29 is 18.0 Å². The molecule has 1 amide bonds. The van der Waals surface area contributed by atoms with Gasteiger partial charge in [0.25, 0.3) is 5.91 Å². The minimum absolute atomic E-state index is 0.0100. The van der Waals surface area contributed by atoms with Crippen LogP contribution in [0.5, 0.6) is 0 Å². The molecule has 0 aliphatic carbocycles. The van der Waals surface area contributed by atoms with E-state index >= 15 is 0 Å². The fraction of sp³-hybridized carbons (Fsp3) is 0.105. The number of amides is 1. The van der Waals surface area contributed by atoms with Gasteiger partial charge in [-0.2, -0.15) is 0 Å². The number of hydrogen-bond donors (Lipinski definition) is 2. The zero-order valence-electron chi connectivity index (χ0n) is 14.3. The van der Waals surface area contributed by atoms with Crippen LogP contribution in [0.1, 0.15) is 21.7 Å². The van der Waals surface area contributed by atoms with Gasteiger partial charge < -0.3 is 10.6 Å². The molecule has 0 bridgehead atoms. The van der Waals surface area contributed by atoms with Gasteiger partial charge in [-0.05, 0) is 31.2 Å². The Balaban J connectivity index is 1.76. The van der Waals surface area contributed by atoms with Gasteiger partial charge in [-0.15, -0.1) is 0 Å². The van der Waals surface area contributed by atoms with E-state index in [0.29, 0.717) is 11.3 Å². The Kier molecular flexibility index (Phi) is 5.35. The van der Waals surface area contributed by atoms with Crippen molar-refractivity contribution >= 4 is 17.5 Å². The summed E-state index contributed by atoms with van der Waals surface area (Å²) in [6.07, 6.45) is 0. The summed E-state index contributed by atoms with van der Waals surface area (Å²) in [6.45, 7) is 1.63. The van der Waals surface area contributed by atoms with Gasteiger partial charge in [-0.1, -0.05) is 18.2 Å². The minimum Gasteiger partial charge on any atom is -0.347 e. The van der Waals surface area contributed by atoms with Crippen LogP contribution in [0.4, 0.5) is 24.8 Å². The number of anilines is 2. The Bertz CT molecular complexity index is 994. The Hall–Kier alpha value is -3.42. The lowest BCUT2D eigenvalue weighted by atomic mass is 10.2.